The predicted octanol–water partition coefficient (Wildman–Crippen LogP) is 2.45. The van der Waals surface area contributed by atoms with Gasteiger partial charge in [-0.1, -0.05) is 6.92 Å². The molecule has 0 aliphatic carbocycles. The van der Waals surface area contributed by atoms with Crippen LogP contribution in [0.25, 0.3) is 11.4 Å². The molecule has 0 atom stereocenters. The minimum atomic E-state index is -0.744. The van der Waals surface area contributed by atoms with Crippen LogP contribution in [0.1, 0.15) is 12.6 Å². The number of phenols is 1. The van der Waals surface area contributed by atoms with Gasteiger partial charge in [0.05, 0.1) is 9.26 Å². The maximum Gasteiger partial charge on any atom is 0.264 e. The summed E-state index contributed by atoms with van der Waals surface area (Å²) in [5.41, 5.74) is 0.849. The number of benzene rings is 1. The third-order valence-corrected chi connectivity index (χ3v) is 3.60. The summed E-state index contributed by atoms with van der Waals surface area (Å²) in [5, 5.41) is 9.12. The Morgan fingerprint density at radius 3 is 2.83 bits per heavy atom. The second kappa shape index (κ2) is 5.05. The average molecular weight is 360 g/mol. The molecule has 2 N–H and O–H groups in total. The summed E-state index contributed by atoms with van der Waals surface area (Å²) in [6.45, 7) is 1.89. The predicted molar refractivity (Wildman–Crippen MR) is 74.0 cm³/mol. The van der Waals surface area contributed by atoms with Gasteiger partial charge < -0.3 is 10.1 Å². The van der Waals surface area contributed by atoms with Crippen LogP contribution in [0.5, 0.6) is 5.75 Å². The summed E-state index contributed by atoms with van der Waals surface area (Å²) in [6.07, 6.45) is 0.621. The zero-order chi connectivity index (χ0) is 13.3. The molecule has 6 heteroatoms. The Morgan fingerprint density at radius 2 is 2.22 bits per heavy atom. The van der Waals surface area contributed by atoms with Gasteiger partial charge in [-0.3, -0.25) is 4.79 Å². The van der Waals surface area contributed by atoms with E-state index in [0.29, 0.717) is 27.1 Å². The standard InChI is InChI=1S/C12H10FIN2O2/c1-2-8-10(14)12(18)16-11(15-8)6-3-4-9(17)7(13)5-6/h3-5,17H,2H2,1H3,(H,15,16,18). The van der Waals surface area contributed by atoms with Gasteiger partial charge in [0, 0.05) is 5.56 Å². The minimum absolute atomic E-state index is 0.245. The lowest BCUT2D eigenvalue weighted by atomic mass is 10.2. The number of H-pyrrole nitrogens is 1. The Balaban J connectivity index is 2.60. The van der Waals surface area contributed by atoms with Gasteiger partial charge in [-0.2, -0.15) is 0 Å². The van der Waals surface area contributed by atoms with Crippen LogP contribution in [0.2, 0.25) is 0 Å². The molecule has 0 bridgehead atoms. The number of aromatic amines is 1. The number of phenolic OH excluding ortho intramolecular Hbond substituents is 1. The van der Waals surface area contributed by atoms with E-state index in [9.17, 15) is 9.18 Å². The van der Waals surface area contributed by atoms with Crippen molar-refractivity contribution in [1.29, 1.82) is 0 Å². The Bertz CT molecular complexity index is 655. The van der Waals surface area contributed by atoms with E-state index < -0.39 is 11.6 Å². The van der Waals surface area contributed by atoms with Crippen LogP contribution >= 0.6 is 22.6 Å². The normalized spacial score (nSPS) is 10.6. The highest BCUT2D eigenvalue weighted by molar-refractivity contribution is 14.1. The van der Waals surface area contributed by atoms with E-state index in [4.69, 9.17) is 5.11 Å². The minimum Gasteiger partial charge on any atom is -0.505 e. The number of nitrogens with one attached hydrogen (secondary N) is 1. The van der Waals surface area contributed by atoms with Crippen molar-refractivity contribution in [2.45, 2.75) is 13.3 Å². The SMILES string of the molecule is CCc1nc(-c2ccc(O)c(F)c2)[nH]c(=O)c1I. The summed E-state index contributed by atoms with van der Waals surface area (Å²) in [4.78, 5) is 18.6. The number of nitrogens with zero attached hydrogens (tertiary/aromatic N) is 1. The molecule has 1 heterocycles. The van der Waals surface area contributed by atoms with E-state index in [1.165, 1.54) is 12.1 Å². The van der Waals surface area contributed by atoms with Gasteiger partial charge in [0.1, 0.15) is 5.82 Å². The van der Waals surface area contributed by atoms with Crippen molar-refractivity contribution in [2.24, 2.45) is 0 Å². The first-order chi connectivity index (χ1) is 8.52. The molecule has 0 spiro atoms. The van der Waals surface area contributed by atoms with E-state index in [2.05, 4.69) is 9.97 Å². The first-order valence-corrected chi connectivity index (χ1v) is 6.38. The summed E-state index contributed by atoms with van der Waals surface area (Å²) >= 11 is 1.93. The number of aryl methyl sites for hydroxylation is 1. The van der Waals surface area contributed by atoms with Crippen LogP contribution in [0.4, 0.5) is 4.39 Å². The number of aromatic nitrogens is 2. The molecular weight excluding hydrogens is 350 g/mol. The van der Waals surface area contributed by atoms with E-state index in [0.717, 1.165) is 6.07 Å². The average Bonchev–Trinajstić information content (AvgIpc) is 2.36. The maximum atomic E-state index is 13.3. The van der Waals surface area contributed by atoms with Crippen molar-refractivity contribution in [3.05, 3.63) is 43.6 Å². The quantitative estimate of drug-likeness (QED) is 0.809. The van der Waals surface area contributed by atoms with Gasteiger partial charge in [0.15, 0.2) is 11.6 Å². The molecule has 0 amide bonds. The summed E-state index contributed by atoms with van der Waals surface area (Å²) in [7, 11) is 0. The summed E-state index contributed by atoms with van der Waals surface area (Å²) in [5.74, 6) is -0.870. The molecule has 0 unspecified atom stereocenters. The second-order valence-corrected chi connectivity index (χ2v) is 4.77. The van der Waals surface area contributed by atoms with E-state index in [-0.39, 0.29) is 5.56 Å². The Kier molecular flexibility index (Phi) is 3.65. The van der Waals surface area contributed by atoms with Gasteiger partial charge >= 0.3 is 0 Å². The molecule has 94 valence electrons. The molecule has 0 aliphatic rings. The van der Waals surface area contributed by atoms with Crippen LogP contribution in [0.3, 0.4) is 0 Å². The molecule has 1 aromatic heterocycles. The molecule has 2 rings (SSSR count). The van der Waals surface area contributed by atoms with Crippen LogP contribution in [0.15, 0.2) is 23.0 Å². The molecule has 0 saturated carbocycles. The number of hydrogen-bond donors (Lipinski definition) is 2. The van der Waals surface area contributed by atoms with Crippen molar-refractivity contribution >= 4 is 22.6 Å². The summed E-state index contributed by atoms with van der Waals surface area (Å²) in [6, 6.07) is 3.87. The zero-order valence-electron chi connectivity index (χ0n) is 9.50. The van der Waals surface area contributed by atoms with Crippen molar-refractivity contribution in [2.75, 3.05) is 0 Å². The third kappa shape index (κ3) is 2.38. The monoisotopic (exact) mass is 360 g/mol. The number of hydrogen-bond acceptors (Lipinski definition) is 3. The molecule has 4 nitrogen and oxygen atoms in total. The molecule has 2 aromatic rings. The highest BCUT2D eigenvalue weighted by Crippen LogP contribution is 2.22. The van der Waals surface area contributed by atoms with E-state index >= 15 is 0 Å². The van der Waals surface area contributed by atoms with Crippen molar-refractivity contribution in [1.82, 2.24) is 9.97 Å². The molecule has 1 aromatic carbocycles. The third-order valence-electron chi connectivity index (χ3n) is 2.49. The number of halogens is 2. The molecular formula is C12H10FIN2O2. The number of rotatable bonds is 2. The maximum absolute atomic E-state index is 13.3. The lowest BCUT2D eigenvalue weighted by molar-refractivity contribution is 0.432. The van der Waals surface area contributed by atoms with Gasteiger partial charge in [0.25, 0.3) is 5.56 Å². The van der Waals surface area contributed by atoms with Crippen LogP contribution in [-0.4, -0.2) is 15.1 Å². The molecule has 0 saturated heterocycles. The lowest BCUT2D eigenvalue weighted by Crippen LogP contribution is -2.16. The first-order valence-electron chi connectivity index (χ1n) is 5.30. The largest absolute Gasteiger partial charge is 0.505 e. The van der Waals surface area contributed by atoms with Crippen molar-refractivity contribution in [3.63, 3.8) is 0 Å². The van der Waals surface area contributed by atoms with Crippen LogP contribution < -0.4 is 5.56 Å². The van der Waals surface area contributed by atoms with Gasteiger partial charge in [-0.15, -0.1) is 0 Å². The summed E-state index contributed by atoms with van der Waals surface area (Å²) < 4.78 is 13.8. The molecule has 0 fully saturated rings. The first kappa shape index (κ1) is 13.0. The smallest absolute Gasteiger partial charge is 0.264 e. The van der Waals surface area contributed by atoms with Crippen molar-refractivity contribution in [3.8, 4) is 17.1 Å². The number of aromatic hydroxyl groups is 1. The highest BCUT2D eigenvalue weighted by Gasteiger charge is 2.10. The van der Waals surface area contributed by atoms with Gasteiger partial charge in [-0.25, -0.2) is 9.37 Å². The van der Waals surface area contributed by atoms with E-state index in [1.54, 1.807) is 0 Å². The van der Waals surface area contributed by atoms with Crippen LogP contribution in [0, 0.1) is 9.39 Å². The highest BCUT2D eigenvalue weighted by atomic mass is 127. The molecule has 0 radical (unpaired) electrons. The Hall–Kier alpha value is -1.44. The van der Waals surface area contributed by atoms with Crippen LogP contribution in [-0.2, 0) is 6.42 Å². The topological polar surface area (TPSA) is 66.0 Å². The fourth-order valence-electron chi connectivity index (χ4n) is 1.53. The lowest BCUT2D eigenvalue weighted by Gasteiger charge is -2.05. The Labute approximate surface area is 116 Å². The molecule has 18 heavy (non-hydrogen) atoms. The van der Waals surface area contributed by atoms with Crippen molar-refractivity contribution < 1.29 is 9.50 Å². The molecule has 0 aliphatic heterocycles. The zero-order valence-corrected chi connectivity index (χ0v) is 11.7. The van der Waals surface area contributed by atoms with E-state index in [1.807, 2.05) is 29.5 Å². The second-order valence-electron chi connectivity index (χ2n) is 3.69. The Morgan fingerprint density at radius 1 is 1.50 bits per heavy atom. The fraction of sp³-hybridized carbons (Fsp3) is 0.167. The fourth-order valence-corrected chi connectivity index (χ4v) is 2.17. The van der Waals surface area contributed by atoms with Gasteiger partial charge in [0.2, 0.25) is 0 Å². The van der Waals surface area contributed by atoms with Gasteiger partial charge in [-0.05, 0) is 47.2 Å².